The fourth-order valence-electron chi connectivity index (χ4n) is 2.69. The van der Waals surface area contributed by atoms with Gasteiger partial charge in [0, 0.05) is 23.4 Å². The Morgan fingerprint density at radius 2 is 1.83 bits per heavy atom. The van der Waals surface area contributed by atoms with Crippen LogP contribution in [0.3, 0.4) is 0 Å². The number of benzene rings is 3. The number of non-ortho nitro benzene ring substituents is 1. The Balaban J connectivity index is 1.79. The molecule has 154 valence electrons. The third kappa shape index (κ3) is 5.28. The first-order valence-corrected chi connectivity index (χ1v) is 9.67. The van der Waals surface area contributed by atoms with Crippen molar-refractivity contribution in [2.45, 2.75) is 13.5 Å². The van der Waals surface area contributed by atoms with E-state index in [-0.39, 0.29) is 12.3 Å². The molecular formula is C22H18Cl2N2O4. The number of rotatable bonds is 7. The first-order valence-electron chi connectivity index (χ1n) is 8.91. The second-order valence-corrected chi connectivity index (χ2v) is 7.28. The minimum Gasteiger partial charge on any atom is -0.493 e. The van der Waals surface area contributed by atoms with Crippen molar-refractivity contribution in [3.63, 3.8) is 0 Å². The average molecular weight is 445 g/mol. The smallest absolute Gasteiger partial charge is 0.269 e. The fourth-order valence-corrected chi connectivity index (χ4v) is 3.13. The highest BCUT2D eigenvalue weighted by atomic mass is 35.5. The highest BCUT2D eigenvalue weighted by molar-refractivity contribution is 6.32. The standard InChI is InChI=1S/C22H18Cl2N2O4/c1-14-3-6-17(23)11-20(14)25-12-16-9-19(24)22(21(10-16)29-2)30-13-15-4-7-18(8-5-15)26(27)28/h3-12H,13H2,1-2H3. The molecule has 30 heavy (non-hydrogen) atoms. The molecule has 0 N–H and O–H groups in total. The summed E-state index contributed by atoms with van der Waals surface area (Å²) >= 11 is 12.4. The van der Waals surface area contributed by atoms with E-state index in [0.717, 1.165) is 22.4 Å². The molecule has 0 radical (unpaired) electrons. The van der Waals surface area contributed by atoms with Crippen molar-refractivity contribution < 1.29 is 14.4 Å². The van der Waals surface area contributed by atoms with Gasteiger partial charge < -0.3 is 9.47 Å². The zero-order valence-corrected chi connectivity index (χ0v) is 17.8. The van der Waals surface area contributed by atoms with E-state index in [0.29, 0.717) is 21.5 Å². The molecule has 0 fully saturated rings. The molecule has 0 amide bonds. The van der Waals surface area contributed by atoms with Crippen LogP contribution in [0.2, 0.25) is 10.0 Å². The van der Waals surface area contributed by atoms with E-state index in [1.165, 1.54) is 19.2 Å². The maximum Gasteiger partial charge on any atom is 0.269 e. The van der Waals surface area contributed by atoms with E-state index in [2.05, 4.69) is 4.99 Å². The highest BCUT2D eigenvalue weighted by Gasteiger charge is 2.13. The van der Waals surface area contributed by atoms with E-state index >= 15 is 0 Å². The lowest BCUT2D eigenvalue weighted by Crippen LogP contribution is -2.00. The summed E-state index contributed by atoms with van der Waals surface area (Å²) in [6.07, 6.45) is 1.67. The third-order valence-electron chi connectivity index (χ3n) is 4.31. The minimum atomic E-state index is -0.449. The third-order valence-corrected chi connectivity index (χ3v) is 4.82. The van der Waals surface area contributed by atoms with Gasteiger partial charge >= 0.3 is 0 Å². The molecule has 0 bridgehead atoms. The molecule has 0 aliphatic heterocycles. The van der Waals surface area contributed by atoms with Crippen LogP contribution in [0, 0.1) is 17.0 Å². The summed E-state index contributed by atoms with van der Waals surface area (Å²) in [4.78, 5) is 14.8. The molecule has 8 heteroatoms. The van der Waals surface area contributed by atoms with Crippen molar-refractivity contribution >= 4 is 40.8 Å². The Kier molecular flexibility index (Phi) is 6.92. The number of methoxy groups -OCH3 is 1. The molecule has 3 aromatic rings. The predicted molar refractivity (Wildman–Crippen MR) is 119 cm³/mol. The van der Waals surface area contributed by atoms with Crippen LogP contribution in [-0.2, 0) is 6.61 Å². The molecular weight excluding hydrogens is 427 g/mol. The summed E-state index contributed by atoms with van der Waals surface area (Å²) in [6.45, 7) is 2.13. The first kappa shape index (κ1) is 21.6. The van der Waals surface area contributed by atoms with Crippen molar-refractivity contribution in [1.82, 2.24) is 0 Å². The summed E-state index contributed by atoms with van der Waals surface area (Å²) in [7, 11) is 1.52. The Labute approximate surface area is 183 Å². The molecule has 0 atom stereocenters. The van der Waals surface area contributed by atoms with Gasteiger partial charge in [0.1, 0.15) is 6.61 Å². The number of nitrogens with zero attached hydrogens (tertiary/aromatic N) is 2. The molecule has 0 aromatic heterocycles. The maximum atomic E-state index is 10.8. The van der Waals surface area contributed by atoms with Gasteiger partial charge in [-0.05, 0) is 60.0 Å². The molecule has 0 aliphatic carbocycles. The van der Waals surface area contributed by atoms with Crippen LogP contribution >= 0.6 is 23.2 Å². The van der Waals surface area contributed by atoms with Crippen LogP contribution in [0.1, 0.15) is 16.7 Å². The van der Waals surface area contributed by atoms with E-state index in [4.69, 9.17) is 32.7 Å². The van der Waals surface area contributed by atoms with Gasteiger partial charge in [0.05, 0.1) is 22.7 Å². The monoisotopic (exact) mass is 444 g/mol. The van der Waals surface area contributed by atoms with Crippen molar-refractivity contribution in [2.24, 2.45) is 4.99 Å². The molecule has 3 aromatic carbocycles. The van der Waals surface area contributed by atoms with Crippen molar-refractivity contribution in [1.29, 1.82) is 0 Å². The lowest BCUT2D eigenvalue weighted by atomic mass is 10.2. The van der Waals surface area contributed by atoms with E-state index in [9.17, 15) is 10.1 Å². The maximum absolute atomic E-state index is 10.8. The van der Waals surface area contributed by atoms with Gasteiger partial charge in [-0.25, -0.2) is 0 Å². The van der Waals surface area contributed by atoms with E-state index in [1.807, 2.05) is 19.1 Å². The number of ether oxygens (including phenoxy) is 2. The fraction of sp³-hybridized carbons (Fsp3) is 0.136. The number of nitro benzene ring substituents is 1. The molecule has 0 unspecified atom stereocenters. The van der Waals surface area contributed by atoms with Crippen molar-refractivity contribution in [2.75, 3.05) is 7.11 Å². The average Bonchev–Trinajstić information content (AvgIpc) is 2.73. The second-order valence-electron chi connectivity index (χ2n) is 6.44. The molecule has 0 saturated carbocycles. The summed E-state index contributed by atoms with van der Waals surface area (Å²) in [5.74, 6) is 0.835. The van der Waals surface area contributed by atoms with Crippen LogP contribution in [0.15, 0.2) is 59.6 Å². The molecule has 0 aliphatic rings. The molecule has 0 heterocycles. The summed E-state index contributed by atoms with van der Waals surface area (Å²) in [5, 5.41) is 11.7. The van der Waals surface area contributed by atoms with Crippen molar-refractivity contribution in [3.8, 4) is 11.5 Å². The Morgan fingerprint density at radius 3 is 2.50 bits per heavy atom. The Morgan fingerprint density at radius 1 is 1.10 bits per heavy atom. The topological polar surface area (TPSA) is 74.0 Å². The summed E-state index contributed by atoms with van der Waals surface area (Å²) in [5.41, 5.74) is 3.28. The van der Waals surface area contributed by atoms with Gasteiger partial charge in [0.15, 0.2) is 11.5 Å². The van der Waals surface area contributed by atoms with E-state index in [1.54, 1.807) is 36.5 Å². The first-order chi connectivity index (χ1) is 14.4. The number of nitro groups is 1. The van der Waals surface area contributed by atoms with Gasteiger partial charge in [-0.15, -0.1) is 0 Å². The normalized spacial score (nSPS) is 10.9. The quantitative estimate of drug-likeness (QED) is 0.235. The van der Waals surface area contributed by atoms with Crippen LogP contribution in [0.5, 0.6) is 11.5 Å². The number of aryl methyl sites for hydroxylation is 1. The minimum absolute atomic E-state index is 0.0212. The SMILES string of the molecule is COc1cc(C=Nc2cc(Cl)ccc2C)cc(Cl)c1OCc1ccc([N+](=O)[O-])cc1. The molecule has 6 nitrogen and oxygen atoms in total. The zero-order valence-electron chi connectivity index (χ0n) is 16.3. The molecule has 3 rings (SSSR count). The van der Waals surface area contributed by atoms with Crippen LogP contribution in [0.25, 0.3) is 0 Å². The number of aliphatic imine (C=N–C) groups is 1. The molecule has 0 spiro atoms. The van der Waals surface area contributed by atoms with Gasteiger partial charge in [-0.2, -0.15) is 0 Å². The number of halogens is 2. The summed E-state index contributed by atoms with van der Waals surface area (Å²) < 4.78 is 11.2. The predicted octanol–water partition coefficient (Wildman–Crippen LogP) is 6.55. The largest absolute Gasteiger partial charge is 0.493 e. The Hall–Kier alpha value is -3.09. The lowest BCUT2D eigenvalue weighted by Gasteiger charge is -2.13. The van der Waals surface area contributed by atoms with Gasteiger partial charge in [0.2, 0.25) is 0 Å². The summed E-state index contributed by atoms with van der Waals surface area (Å²) in [6, 6.07) is 15.1. The van der Waals surface area contributed by atoms with Gasteiger partial charge in [0.25, 0.3) is 5.69 Å². The van der Waals surface area contributed by atoms with Crippen LogP contribution < -0.4 is 9.47 Å². The van der Waals surface area contributed by atoms with E-state index < -0.39 is 4.92 Å². The van der Waals surface area contributed by atoms with Gasteiger partial charge in [-0.1, -0.05) is 29.3 Å². The van der Waals surface area contributed by atoms with Crippen LogP contribution in [-0.4, -0.2) is 18.2 Å². The Bertz CT molecular complexity index is 1100. The molecule has 0 saturated heterocycles. The number of hydrogen-bond acceptors (Lipinski definition) is 5. The van der Waals surface area contributed by atoms with Crippen LogP contribution in [0.4, 0.5) is 11.4 Å². The highest BCUT2D eigenvalue weighted by Crippen LogP contribution is 2.37. The number of hydrogen-bond donors (Lipinski definition) is 0. The zero-order chi connectivity index (χ0) is 21.7. The van der Waals surface area contributed by atoms with Gasteiger partial charge in [-0.3, -0.25) is 15.1 Å². The van der Waals surface area contributed by atoms with Crippen molar-refractivity contribution in [3.05, 3.63) is 91.4 Å². The lowest BCUT2D eigenvalue weighted by molar-refractivity contribution is -0.384. The second kappa shape index (κ2) is 9.61.